The van der Waals surface area contributed by atoms with Crippen LogP contribution in [0.25, 0.3) is 10.4 Å². The second-order valence-electron chi connectivity index (χ2n) is 25.1. The van der Waals surface area contributed by atoms with Gasteiger partial charge in [-0.15, -0.1) is 11.3 Å². The van der Waals surface area contributed by atoms with E-state index in [1.54, 1.807) is 53.5 Å². The Morgan fingerprint density at radius 2 is 1.57 bits per heavy atom. The average Bonchev–Trinajstić information content (AvgIpc) is 3.56. The molecular weight excluding hydrogens is 1210 g/mol. The molecule has 1 aliphatic rings. The molecule has 0 radical (unpaired) electrons. The van der Waals surface area contributed by atoms with Crippen LogP contribution in [-0.2, 0) is 60.1 Å². The monoisotopic (exact) mass is 1310 g/mol. The Balaban J connectivity index is 1.28. The number of ether oxygens (including phenoxy) is 5. The van der Waals surface area contributed by atoms with Gasteiger partial charge in [0, 0.05) is 83.4 Å². The SMILES string of the molecule is CCCC(=O)OCN(C(=O)[C@H](CC(=O)[C@@H]1CCCCN1C)C(C)CC)[C@@H](C[C@H](C)c1nc(C(=O)N[C@H](Cc2ccc(OC(=O)CCCC[Si](C)(C)O[Si](C)(C)CSc3ncc(COCCOCCOCCN=[N+]=[N-])cn3)cc2)C[C@@H](C)C(=O)O)cs1)C(C)C. The number of carboxylic acids is 1. The molecule has 2 amide bonds. The second kappa shape index (κ2) is 40.0. The molecule has 0 spiro atoms. The standard InChI is InChI=1S/C63H101N9O13S2Si2/c1-13-19-57(74)83-42-72(61(77)52(45(5)14-2)37-56(73)54-20-15-17-27-71(54)8)55(44(3)4)35-46(6)60-69-53(41-86-60)59(76)68-50(34-47(7)62(78)79)36-48-22-24-51(25-23-48)84-58(75)21-16-18-33-88(9,10)85-89(11,12)43-87-63-65-38-49(39-66-63)40-82-32-31-81-30-29-80-28-26-67-70-64/h22-25,38-39,41,44-47,50,52,54-55H,13-21,26-37,40,42-43H2,1-12H3,(H,68,76)(H,78,79)/t45?,46-,47+,50-,52+,54-,55-/m0/s1. The molecule has 3 aromatic rings. The van der Waals surface area contributed by atoms with Crippen LogP contribution in [0.1, 0.15) is 158 Å². The average molecular weight is 1310 g/mol. The van der Waals surface area contributed by atoms with Crippen LogP contribution in [0.15, 0.2) is 52.3 Å². The van der Waals surface area contributed by atoms with Gasteiger partial charge in [-0.2, -0.15) is 0 Å². The Hall–Kier alpha value is -5.16. The van der Waals surface area contributed by atoms with Gasteiger partial charge in [0.25, 0.3) is 5.91 Å². The number of Topliss-reactive ketones (excluding diaryl/α,β-unsaturated/α-hetero) is 1. The molecule has 4 rings (SSSR count). The van der Waals surface area contributed by atoms with Gasteiger partial charge in [0.1, 0.15) is 11.4 Å². The van der Waals surface area contributed by atoms with E-state index in [9.17, 15) is 33.9 Å². The number of benzene rings is 1. The topological polar surface area (TPSA) is 284 Å². The molecule has 1 fully saturated rings. The predicted molar refractivity (Wildman–Crippen MR) is 351 cm³/mol. The van der Waals surface area contributed by atoms with Crippen LogP contribution >= 0.6 is 23.1 Å². The minimum Gasteiger partial charge on any atom is -0.481 e. The lowest BCUT2D eigenvalue weighted by molar-refractivity contribution is -0.160. The lowest BCUT2D eigenvalue weighted by Gasteiger charge is -2.39. The number of esters is 2. The van der Waals surface area contributed by atoms with E-state index in [0.717, 1.165) is 54.8 Å². The number of carbonyl (C=O) groups excluding carboxylic acids is 5. The highest BCUT2D eigenvalue weighted by Crippen LogP contribution is 2.33. The van der Waals surface area contributed by atoms with Crippen molar-refractivity contribution in [3.8, 4) is 5.75 Å². The molecule has 1 aliphatic heterocycles. The lowest BCUT2D eigenvalue weighted by Crippen LogP contribution is -2.50. The number of likely N-dealkylation sites (tertiary alicyclic amines) is 1. The van der Waals surface area contributed by atoms with E-state index in [0.29, 0.717) is 94.2 Å². The van der Waals surface area contributed by atoms with Crippen molar-refractivity contribution in [3.05, 3.63) is 74.3 Å². The van der Waals surface area contributed by atoms with E-state index < -0.39 is 58.4 Å². The fraction of sp³-hybridized carbons (Fsp3) is 0.698. The number of thioether (sulfide) groups is 1. The van der Waals surface area contributed by atoms with Gasteiger partial charge in [0.15, 0.2) is 34.3 Å². The zero-order chi connectivity index (χ0) is 65.5. The van der Waals surface area contributed by atoms with Gasteiger partial charge in [0.05, 0.1) is 56.6 Å². The first-order valence-electron chi connectivity index (χ1n) is 31.7. The van der Waals surface area contributed by atoms with Crippen LogP contribution < -0.4 is 10.1 Å². The summed E-state index contributed by atoms with van der Waals surface area (Å²) < 4.78 is 34.8. The first-order chi connectivity index (χ1) is 42.3. The Morgan fingerprint density at radius 1 is 0.888 bits per heavy atom. The Morgan fingerprint density at radius 3 is 2.21 bits per heavy atom. The summed E-state index contributed by atoms with van der Waals surface area (Å²) in [5.41, 5.74) is 10.1. The van der Waals surface area contributed by atoms with Crippen LogP contribution in [0.5, 0.6) is 5.75 Å². The van der Waals surface area contributed by atoms with Crippen LogP contribution in [0.4, 0.5) is 0 Å². The quantitative estimate of drug-likeness (QED) is 0.00508. The van der Waals surface area contributed by atoms with Gasteiger partial charge in [0.2, 0.25) is 5.91 Å². The number of nitrogens with one attached hydrogen (secondary N) is 1. The van der Waals surface area contributed by atoms with Gasteiger partial charge >= 0.3 is 17.9 Å². The number of rotatable bonds is 44. The Bertz CT molecular complexity index is 2700. The van der Waals surface area contributed by atoms with Crippen molar-refractivity contribution in [1.29, 1.82) is 0 Å². The molecule has 7 atom stereocenters. The van der Waals surface area contributed by atoms with E-state index in [4.69, 9.17) is 38.3 Å². The number of azide groups is 1. The molecule has 0 saturated carbocycles. The number of carboxylic acid groups (broad SMARTS) is 1. The first-order valence-corrected chi connectivity index (χ1v) is 39.8. The highest BCUT2D eigenvalue weighted by Gasteiger charge is 2.39. The number of amides is 2. The largest absolute Gasteiger partial charge is 0.481 e. The van der Waals surface area contributed by atoms with Crippen molar-refractivity contribution in [2.45, 2.75) is 200 Å². The van der Waals surface area contributed by atoms with Crippen LogP contribution in [0, 0.1) is 23.7 Å². The molecule has 1 saturated heterocycles. The minimum atomic E-state index is -2.09. The zero-order valence-electron chi connectivity index (χ0n) is 54.9. The minimum absolute atomic E-state index is 0.0638. The lowest BCUT2D eigenvalue weighted by atomic mass is 9.82. The molecule has 3 heterocycles. The molecular formula is C63H101N9O13S2Si2. The molecule has 26 heteroatoms. The van der Waals surface area contributed by atoms with Crippen molar-refractivity contribution >= 4 is 75.2 Å². The summed E-state index contributed by atoms with van der Waals surface area (Å²) in [6.45, 7) is 25.7. The van der Waals surface area contributed by atoms with Gasteiger partial charge in [-0.05, 0) is 126 Å². The summed E-state index contributed by atoms with van der Waals surface area (Å²) in [4.78, 5) is 101. The number of aromatic nitrogens is 3. The molecule has 0 aliphatic carbocycles. The maximum absolute atomic E-state index is 14.9. The number of hydrogen-bond donors (Lipinski definition) is 2. The van der Waals surface area contributed by atoms with Crippen molar-refractivity contribution in [2.75, 3.05) is 65.3 Å². The molecule has 496 valence electrons. The highest BCUT2D eigenvalue weighted by atomic mass is 32.2. The summed E-state index contributed by atoms with van der Waals surface area (Å²) >= 11 is 2.92. The second-order valence-corrected chi connectivity index (χ2v) is 36.1. The number of aliphatic carboxylic acids is 1. The number of unbranched alkanes of at least 4 members (excludes halogenated alkanes) is 1. The fourth-order valence-electron chi connectivity index (χ4n) is 10.7. The zero-order valence-corrected chi connectivity index (χ0v) is 58.5. The summed E-state index contributed by atoms with van der Waals surface area (Å²) in [7, 11) is -2.19. The molecule has 2 N–H and O–H groups in total. The maximum Gasteiger partial charge on any atom is 0.311 e. The van der Waals surface area contributed by atoms with Crippen LogP contribution in [0.3, 0.4) is 0 Å². The van der Waals surface area contributed by atoms with Crippen molar-refractivity contribution in [3.63, 3.8) is 0 Å². The third kappa shape index (κ3) is 28.5. The number of piperidine rings is 1. The third-order valence-corrected chi connectivity index (χ3v) is 26.8. The number of ketones is 1. The van der Waals surface area contributed by atoms with Gasteiger partial charge in [-0.1, -0.05) is 96.7 Å². The van der Waals surface area contributed by atoms with Gasteiger partial charge in [-0.25, -0.2) is 15.0 Å². The summed E-state index contributed by atoms with van der Waals surface area (Å²) in [6, 6.07) is 6.72. The number of likely N-dealkylation sites (N-methyl/N-ethyl adjacent to an activating group) is 1. The van der Waals surface area contributed by atoms with Crippen molar-refractivity contribution in [2.24, 2.45) is 28.8 Å². The van der Waals surface area contributed by atoms with Crippen LogP contribution in [-0.4, -0.2) is 165 Å². The summed E-state index contributed by atoms with van der Waals surface area (Å²) in [6.07, 6.45) is 10.6. The van der Waals surface area contributed by atoms with Gasteiger partial charge < -0.3 is 43.1 Å². The van der Waals surface area contributed by atoms with E-state index in [-0.39, 0.29) is 79.6 Å². The molecule has 2 aromatic heterocycles. The number of thiazole rings is 1. The fourth-order valence-corrected chi connectivity index (χ4v) is 22.0. The normalized spacial score (nSPS) is 15.9. The molecule has 89 heavy (non-hydrogen) atoms. The highest BCUT2D eigenvalue weighted by molar-refractivity contribution is 8.00. The molecule has 0 bridgehead atoms. The number of hydrogen-bond acceptors (Lipinski definition) is 19. The van der Waals surface area contributed by atoms with E-state index in [1.165, 1.54) is 11.3 Å². The van der Waals surface area contributed by atoms with E-state index >= 15 is 0 Å². The Labute approximate surface area is 538 Å². The number of carbonyl (C=O) groups is 6. The van der Waals surface area contributed by atoms with E-state index in [2.05, 4.69) is 56.4 Å². The molecule has 22 nitrogen and oxygen atoms in total. The van der Waals surface area contributed by atoms with Crippen LogP contribution in [0.2, 0.25) is 32.2 Å². The number of nitrogens with zero attached hydrogens (tertiary/aromatic N) is 8. The predicted octanol–water partition coefficient (Wildman–Crippen LogP) is 11.8. The van der Waals surface area contributed by atoms with Crippen molar-refractivity contribution < 1.29 is 61.7 Å². The molecule has 1 aromatic carbocycles. The summed E-state index contributed by atoms with van der Waals surface area (Å²) in [5.74, 6) is -3.68. The van der Waals surface area contributed by atoms with Crippen molar-refractivity contribution in [1.82, 2.24) is 30.1 Å². The smallest absolute Gasteiger partial charge is 0.311 e. The van der Waals surface area contributed by atoms with Gasteiger partial charge in [-0.3, -0.25) is 33.7 Å². The summed E-state index contributed by atoms with van der Waals surface area (Å²) in [5, 5.41) is 20.2. The molecule has 1 unspecified atom stereocenters. The third-order valence-electron chi connectivity index (χ3n) is 15.9. The first kappa shape index (κ1) is 76.3. The maximum atomic E-state index is 14.9. The Kier molecular flexibility index (Phi) is 34.3. The van der Waals surface area contributed by atoms with E-state index in [1.807, 2.05) is 60.7 Å².